The molecule has 18 heteroatoms. The Kier molecular flexibility index (Phi) is 8.76. The van der Waals surface area contributed by atoms with Gasteiger partial charge in [-0.15, -0.1) is 0 Å². The number of H-pyrrole nitrogens is 1. The van der Waals surface area contributed by atoms with Gasteiger partial charge in [0.15, 0.2) is 6.23 Å². The van der Waals surface area contributed by atoms with Gasteiger partial charge in [-0.3, -0.25) is 29.3 Å². The van der Waals surface area contributed by atoms with Gasteiger partial charge in [0.2, 0.25) is 10.0 Å². The van der Waals surface area contributed by atoms with E-state index in [1.54, 1.807) is 0 Å². The van der Waals surface area contributed by atoms with E-state index < -0.39 is 63.2 Å². The summed E-state index contributed by atoms with van der Waals surface area (Å²) in [5.41, 5.74) is 0.275. The highest BCUT2D eigenvalue weighted by Gasteiger charge is 2.44. The molecule has 3 aromatic rings. The minimum absolute atomic E-state index is 0.0154. The van der Waals surface area contributed by atoms with Crippen LogP contribution in [0.3, 0.4) is 0 Å². The summed E-state index contributed by atoms with van der Waals surface area (Å²) in [5, 5.41) is 35.5. The lowest BCUT2D eigenvalue weighted by molar-refractivity contribution is -0.385. The third-order valence-electron chi connectivity index (χ3n) is 5.95. The van der Waals surface area contributed by atoms with Gasteiger partial charge in [0.1, 0.15) is 18.3 Å². The van der Waals surface area contributed by atoms with E-state index in [2.05, 4.69) is 15.2 Å². The van der Waals surface area contributed by atoms with Crippen molar-refractivity contribution in [1.82, 2.24) is 19.7 Å². The van der Waals surface area contributed by atoms with Gasteiger partial charge in [0.25, 0.3) is 17.2 Å². The highest BCUT2D eigenvalue weighted by molar-refractivity contribution is 7.89. The van der Waals surface area contributed by atoms with Crippen LogP contribution in [0.1, 0.15) is 22.1 Å². The van der Waals surface area contributed by atoms with Gasteiger partial charge < -0.3 is 14.9 Å². The predicted octanol–water partition coefficient (Wildman–Crippen LogP) is -0.540. The van der Waals surface area contributed by atoms with E-state index in [-0.39, 0.29) is 26.7 Å². The molecule has 4 rings (SSSR count). The van der Waals surface area contributed by atoms with Crippen LogP contribution in [0, 0.1) is 10.1 Å². The quantitative estimate of drug-likeness (QED) is 0.118. The summed E-state index contributed by atoms with van der Waals surface area (Å²) in [5.74, 6) is -0.743. The van der Waals surface area contributed by atoms with Gasteiger partial charge in [0, 0.05) is 30.4 Å². The normalized spacial score (nSPS) is 20.8. The number of halogens is 1. The largest absolute Gasteiger partial charge is 0.387 e. The lowest BCUT2D eigenvalue weighted by Gasteiger charge is -2.16. The molecule has 1 aliphatic rings. The van der Waals surface area contributed by atoms with E-state index in [1.165, 1.54) is 30.3 Å². The first-order valence-electron chi connectivity index (χ1n) is 11.6. The molecule has 0 radical (unpaired) electrons. The van der Waals surface area contributed by atoms with Crippen LogP contribution in [-0.2, 0) is 14.8 Å². The molecule has 0 saturated carbocycles. The van der Waals surface area contributed by atoms with Crippen LogP contribution in [0.4, 0.5) is 5.69 Å². The van der Waals surface area contributed by atoms with Crippen LogP contribution in [0.2, 0.25) is 5.02 Å². The molecule has 5 N–H and O–H groups in total. The van der Waals surface area contributed by atoms with E-state index >= 15 is 0 Å². The van der Waals surface area contributed by atoms with Crippen LogP contribution >= 0.6 is 11.6 Å². The van der Waals surface area contributed by atoms with Gasteiger partial charge in [-0.05, 0) is 30.3 Å². The van der Waals surface area contributed by atoms with Crippen molar-refractivity contribution in [3.63, 3.8) is 0 Å². The number of hydrazone groups is 1. The van der Waals surface area contributed by atoms with Crippen molar-refractivity contribution in [1.29, 1.82) is 0 Å². The number of hydrogen-bond donors (Lipinski definition) is 5. The number of benzene rings is 2. The molecule has 4 atom stereocenters. The summed E-state index contributed by atoms with van der Waals surface area (Å²) in [6.07, 6.45) is -3.72. The van der Waals surface area contributed by atoms with E-state index in [1.807, 2.05) is 4.98 Å². The maximum Gasteiger partial charge on any atom is 0.330 e. The molecule has 41 heavy (non-hydrogen) atoms. The molecule has 0 unspecified atom stereocenters. The van der Waals surface area contributed by atoms with Gasteiger partial charge >= 0.3 is 5.69 Å². The number of carbonyl (C=O) groups is 1. The molecule has 1 aromatic heterocycles. The van der Waals surface area contributed by atoms with Gasteiger partial charge in [-0.2, -0.15) is 5.10 Å². The zero-order chi connectivity index (χ0) is 29.9. The maximum absolute atomic E-state index is 12.8. The van der Waals surface area contributed by atoms with Crippen molar-refractivity contribution >= 4 is 39.4 Å². The number of carbonyl (C=O) groups excluding carboxylic acids is 1. The average Bonchev–Trinajstić information content (AvgIpc) is 3.21. The number of nitrogens with one attached hydrogen (secondary N) is 3. The summed E-state index contributed by atoms with van der Waals surface area (Å²) < 4.78 is 34.1. The fourth-order valence-corrected chi connectivity index (χ4v) is 5.11. The SMILES string of the molecule is O=C(N/N=C/c1c(Cl)cccc1[N+](=O)[O-])c1ccc(S(=O)(=O)NC[C@H]2O[C@@H](n3ccc(=O)[nH]c3=O)[C@H](O)[C@@H]2O)cc1. The second-order valence-corrected chi connectivity index (χ2v) is 10.7. The number of aliphatic hydroxyl groups is 2. The molecular weight excluding hydrogens is 588 g/mol. The Labute approximate surface area is 235 Å². The minimum Gasteiger partial charge on any atom is -0.387 e. The van der Waals surface area contributed by atoms with E-state index in [4.69, 9.17) is 16.3 Å². The van der Waals surface area contributed by atoms with Crippen LogP contribution in [0.15, 0.2) is 74.3 Å². The number of nitrogens with zero attached hydrogens (tertiary/aromatic N) is 3. The highest BCUT2D eigenvalue weighted by Crippen LogP contribution is 2.28. The molecule has 2 aromatic carbocycles. The number of rotatable bonds is 9. The van der Waals surface area contributed by atoms with E-state index in [0.717, 1.165) is 35.2 Å². The highest BCUT2D eigenvalue weighted by atomic mass is 35.5. The Balaban J connectivity index is 1.38. The Morgan fingerprint density at radius 1 is 1.17 bits per heavy atom. The van der Waals surface area contributed by atoms with Crippen molar-refractivity contribution in [3.8, 4) is 0 Å². The zero-order valence-electron chi connectivity index (χ0n) is 20.6. The molecule has 16 nitrogen and oxygen atoms in total. The van der Waals surface area contributed by atoms with E-state index in [0.29, 0.717) is 0 Å². The number of hydrogen-bond acceptors (Lipinski definition) is 11. The molecule has 1 saturated heterocycles. The Bertz CT molecular complexity index is 1720. The lowest BCUT2D eigenvalue weighted by Crippen LogP contribution is -2.40. The van der Waals surface area contributed by atoms with Crippen LogP contribution in [0.25, 0.3) is 0 Å². The first kappa shape index (κ1) is 29.7. The first-order chi connectivity index (χ1) is 19.4. The number of nitro benzene ring substituents is 1. The molecule has 0 spiro atoms. The third kappa shape index (κ3) is 6.56. The topological polar surface area (TPSA) is 235 Å². The van der Waals surface area contributed by atoms with Crippen LogP contribution < -0.4 is 21.4 Å². The number of amides is 1. The zero-order valence-corrected chi connectivity index (χ0v) is 22.2. The number of aliphatic hydroxyl groups excluding tert-OH is 2. The van der Waals surface area contributed by atoms with Crippen molar-refractivity contribution in [2.75, 3.05) is 6.54 Å². The molecular formula is C23H21ClN6O10S. The monoisotopic (exact) mass is 608 g/mol. The summed E-state index contributed by atoms with van der Waals surface area (Å²) in [6, 6.07) is 9.69. The molecule has 1 aliphatic heterocycles. The van der Waals surface area contributed by atoms with Crippen molar-refractivity contribution in [3.05, 3.63) is 102 Å². The summed E-state index contributed by atoms with van der Waals surface area (Å²) in [7, 11) is -4.18. The second-order valence-electron chi connectivity index (χ2n) is 8.57. The number of nitro groups is 1. The van der Waals surface area contributed by atoms with Crippen molar-refractivity contribution in [2.24, 2.45) is 5.10 Å². The molecule has 0 bridgehead atoms. The van der Waals surface area contributed by atoms with Crippen molar-refractivity contribution in [2.45, 2.75) is 29.4 Å². The molecule has 1 fully saturated rings. The predicted molar refractivity (Wildman–Crippen MR) is 142 cm³/mol. The molecule has 1 amide bonds. The lowest BCUT2D eigenvalue weighted by atomic mass is 10.1. The fourth-order valence-electron chi connectivity index (χ4n) is 3.85. The Morgan fingerprint density at radius 2 is 1.88 bits per heavy atom. The number of sulfonamides is 1. The Morgan fingerprint density at radius 3 is 2.54 bits per heavy atom. The number of aromatic nitrogens is 2. The van der Waals surface area contributed by atoms with Crippen molar-refractivity contribution < 1.29 is 33.1 Å². The average molecular weight is 609 g/mol. The molecule has 216 valence electrons. The standard InChI is InChI=1S/C23H21ClN6O10S/c24-15-2-1-3-16(30(36)37)14(15)10-25-28-21(34)12-4-6-13(7-5-12)41(38,39)26-11-17-19(32)20(33)22(40-17)29-9-8-18(31)27-23(29)35/h1-10,17,19-20,22,26,32-33H,11H2,(H,28,34)(H,27,31,35)/b25-10+/t17-,19-,20-,22-/m1/s1. The van der Waals surface area contributed by atoms with Gasteiger partial charge in [-0.1, -0.05) is 17.7 Å². The summed E-state index contributed by atoms with van der Waals surface area (Å²) >= 11 is 5.96. The van der Waals surface area contributed by atoms with Gasteiger partial charge in [0.05, 0.1) is 26.6 Å². The molecule has 0 aliphatic carbocycles. The fraction of sp³-hybridized carbons (Fsp3) is 0.217. The summed E-state index contributed by atoms with van der Waals surface area (Å²) in [4.78, 5) is 47.9. The smallest absolute Gasteiger partial charge is 0.330 e. The van der Waals surface area contributed by atoms with Gasteiger partial charge in [-0.25, -0.2) is 23.4 Å². The Hall–Kier alpha value is -4.26. The minimum atomic E-state index is -4.18. The number of ether oxygens (including phenoxy) is 1. The van der Waals surface area contributed by atoms with Crippen LogP contribution in [0.5, 0.6) is 0 Å². The number of aromatic amines is 1. The maximum atomic E-state index is 12.8. The van der Waals surface area contributed by atoms with E-state index in [9.17, 15) is 43.1 Å². The summed E-state index contributed by atoms with van der Waals surface area (Å²) in [6.45, 7) is -0.486. The molecule has 2 heterocycles. The first-order valence-corrected chi connectivity index (χ1v) is 13.4. The second kappa shape index (κ2) is 12.1. The van der Waals surface area contributed by atoms with Crippen LogP contribution in [-0.4, -0.2) is 70.1 Å². The third-order valence-corrected chi connectivity index (χ3v) is 7.72.